The maximum atomic E-state index is 11.3. The van der Waals surface area contributed by atoms with Crippen LogP contribution in [0.1, 0.15) is 27.7 Å². The fourth-order valence-electron chi connectivity index (χ4n) is 0.759. The van der Waals surface area contributed by atoms with Crippen LogP contribution in [-0.2, 0) is 4.79 Å². The largest absolute Gasteiger partial charge is 0.389 e. The van der Waals surface area contributed by atoms with E-state index >= 15 is 0 Å². The van der Waals surface area contributed by atoms with E-state index in [1.807, 2.05) is 13.8 Å². The van der Waals surface area contributed by atoms with Gasteiger partial charge in [-0.1, -0.05) is 20.4 Å². The van der Waals surface area contributed by atoms with Crippen molar-refractivity contribution in [3.8, 4) is 0 Å². The van der Waals surface area contributed by atoms with Gasteiger partial charge in [-0.05, 0) is 13.8 Å². The molecule has 0 aliphatic carbocycles. The van der Waals surface area contributed by atoms with Crippen molar-refractivity contribution < 1.29 is 9.90 Å². The molecule has 0 aromatic rings. The minimum absolute atomic E-state index is 0.00995. The van der Waals surface area contributed by atoms with E-state index in [0.29, 0.717) is 12.2 Å². The van der Waals surface area contributed by atoms with Crippen LogP contribution >= 0.6 is 0 Å². The van der Waals surface area contributed by atoms with E-state index in [9.17, 15) is 9.90 Å². The number of carbonyl (C=O) groups is 1. The number of rotatable bonds is 5. The van der Waals surface area contributed by atoms with Crippen LogP contribution in [0.15, 0.2) is 12.3 Å². The van der Waals surface area contributed by atoms with Crippen molar-refractivity contribution in [1.29, 1.82) is 0 Å². The Morgan fingerprint density at radius 1 is 1.54 bits per heavy atom. The third-order valence-corrected chi connectivity index (χ3v) is 1.56. The Bertz CT molecular complexity index is 201. The van der Waals surface area contributed by atoms with Crippen molar-refractivity contribution in [2.45, 2.75) is 33.3 Å². The number of nitrogens with one attached hydrogen (secondary N) is 1. The Labute approximate surface area is 79.8 Å². The van der Waals surface area contributed by atoms with Gasteiger partial charge >= 0.3 is 0 Å². The minimum atomic E-state index is -0.819. The molecule has 0 radical (unpaired) electrons. The lowest BCUT2D eigenvalue weighted by Crippen LogP contribution is -2.36. The van der Waals surface area contributed by atoms with Crippen LogP contribution in [0, 0.1) is 5.92 Å². The molecule has 0 amide bonds. The smallest absolute Gasteiger partial charge is 0.180 e. The maximum absolute atomic E-state index is 11.3. The number of aliphatic hydroxyl groups is 1. The molecule has 3 nitrogen and oxygen atoms in total. The van der Waals surface area contributed by atoms with E-state index < -0.39 is 5.60 Å². The van der Waals surface area contributed by atoms with E-state index in [-0.39, 0.29) is 11.7 Å². The maximum Gasteiger partial charge on any atom is 0.180 e. The molecule has 0 aromatic heterocycles. The van der Waals surface area contributed by atoms with Gasteiger partial charge in [0.25, 0.3) is 0 Å². The Morgan fingerprint density at radius 2 is 2.00 bits per heavy atom. The van der Waals surface area contributed by atoms with E-state index in [0.717, 1.165) is 0 Å². The van der Waals surface area contributed by atoms with Gasteiger partial charge in [0.1, 0.15) is 0 Å². The number of hydrogen-bond acceptors (Lipinski definition) is 3. The van der Waals surface area contributed by atoms with Crippen molar-refractivity contribution in [1.82, 2.24) is 5.32 Å². The highest BCUT2D eigenvalue weighted by Gasteiger charge is 2.16. The molecule has 76 valence electrons. The number of allylic oxidation sites excluding steroid dienone is 1. The monoisotopic (exact) mass is 185 g/mol. The Kier molecular flexibility index (Phi) is 4.14. The molecule has 3 heteroatoms. The van der Waals surface area contributed by atoms with Crippen LogP contribution in [0.3, 0.4) is 0 Å². The second-order valence-corrected chi connectivity index (χ2v) is 4.16. The number of hydrogen-bond donors (Lipinski definition) is 2. The quantitative estimate of drug-likeness (QED) is 0.630. The predicted molar refractivity (Wildman–Crippen MR) is 53.3 cm³/mol. The van der Waals surface area contributed by atoms with Gasteiger partial charge in [0.05, 0.1) is 11.3 Å². The lowest BCUT2D eigenvalue weighted by Gasteiger charge is -2.19. The van der Waals surface area contributed by atoms with Gasteiger partial charge in [0.15, 0.2) is 5.78 Å². The summed E-state index contributed by atoms with van der Waals surface area (Å²) < 4.78 is 0. The lowest BCUT2D eigenvalue weighted by molar-refractivity contribution is -0.118. The van der Waals surface area contributed by atoms with Crippen LogP contribution in [0.5, 0.6) is 0 Å². The van der Waals surface area contributed by atoms with E-state index in [1.54, 1.807) is 13.8 Å². The Balaban J connectivity index is 3.96. The molecule has 0 aromatic carbocycles. The zero-order valence-corrected chi connectivity index (χ0v) is 8.85. The molecular weight excluding hydrogens is 166 g/mol. The van der Waals surface area contributed by atoms with Crippen molar-refractivity contribution in [3.05, 3.63) is 12.3 Å². The summed E-state index contributed by atoms with van der Waals surface area (Å²) in [5.74, 6) is -0.0638. The first-order valence-corrected chi connectivity index (χ1v) is 4.43. The molecule has 0 bridgehead atoms. The highest BCUT2D eigenvalue weighted by atomic mass is 16.3. The molecule has 13 heavy (non-hydrogen) atoms. The zero-order chi connectivity index (χ0) is 10.6. The van der Waals surface area contributed by atoms with Crippen LogP contribution < -0.4 is 5.32 Å². The third kappa shape index (κ3) is 5.42. The summed E-state index contributed by atoms with van der Waals surface area (Å²) in [6.45, 7) is 10.9. The molecule has 0 saturated heterocycles. The number of carbonyl (C=O) groups excluding carboxylic acids is 1. The van der Waals surface area contributed by atoms with Crippen molar-refractivity contribution >= 4 is 5.78 Å². The number of Topliss-reactive ketones (excluding diaryl/α,β-unsaturated/α-hetero) is 1. The first kappa shape index (κ1) is 12.2. The molecule has 0 unspecified atom stereocenters. The summed E-state index contributed by atoms with van der Waals surface area (Å²) in [6.07, 6.45) is 0. The van der Waals surface area contributed by atoms with Crippen molar-refractivity contribution in [2.24, 2.45) is 5.92 Å². The summed E-state index contributed by atoms with van der Waals surface area (Å²) in [5.41, 5.74) is -0.447. The molecule has 0 aliphatic heterocycles. The van der Waals surface area contributed by atoms with Gasteiger partial charge in [-0.2, -0.15) is 0 Å². The standard InChI is InChI=1S/C10H19NO2/c1-7(2)9(12)8(3)11-6-10(4,5)13/h7,11,13H,3,6H2,1-2,4-5H3. The third-order valence-electron chi connectivity index (χ3n) is 1.56. The van der Waals surface area contributed by atoms with Gasteiger partial charge in [-0.3, -0.25) is 4.79 Å². The lowest BCUT2D eigenvalue weighted by atomic mass is 10.1. The fourth-order valence-corrected chi connectivity index (χ4v) is 0.759. The van der Waals surface area contributed by atoms with Gasteiger partial charge in [0.2, 0.25) is 0 Å². The fraction of sp³-hybridized carbons (Fsp3) is 0.700. The molecule has 0 fully saturated rings. The van der Waals surface area contributed by atoms with Crippen LogP contribution in [0.2, 0.25) is 0 Å². The van der Waals surface area contributed by atoms with Crippen LogP contribution in [0.4, 0.5) is 0 Å². The second-order valence-electron chi connectivity index (χ2n) is 4.16. The molecule has 0 saturated carbocycles. The normalized spacial score (nSPS) is 11.5. The van der Waals surface area contributed by atoms with Gasteiger partial charge in [-0.25, -0.2) is 0 Å². The highest BCUT2D eigenvalue weighted by Crippen LogP contribution is 2.03. The number of ketones is 1. The summed E-state index contributed by atoms with van der Waals surface area (Å²) in [7, 11) is 0. The average Bonchev–Trinajstić information content (AvgIpc) is 1.97. The van der Waals surface area contributed by atoms with Crippen LogP contribution in [-0.4, -0.2) is 23.0 Å². The van der Waals surface area contributed by atoms with Crippen molar-refractivity contribution in [3.63, 3.8) is 0 Å². The van der Waals surface area contributed by atoms with Crippen molar-refractivity contribution in [2.75, 3.05) is 6.54 Å². The molecule has 2 N–H and O–H groups in total. The van der Waals surface area contributed by atoms with Gasteiger partial charge in [0, 0.05) is 12.5 Å². The minimum Gasteiger partial charge on any atom is -0.389 e. The first-order valence-electron chi connectivity index (χ1n) is 4.43. The zero-order valence-electron chi connectivity index (χ0n) is 8.85. The molecule has 0 heterocycles. The van der Waals surface area contributed by atoms with Gasteiger partial charge < -0.3 is 10.4 Å². The van der Waals surface area contributed by atoms with E-state index in [1.165, 1.54) is 0 Å². The average molecular weight is 185 g/mol. The first-order chi connectivity index (χ1) is 5.74. The summed E-state index contributed by atoms with van der Waals surface area (Å²) in [4.78, 5) is 11.3. The van der Waals surface area contributed by atoms with Gasteiger partial charge in [-0.15, -0.1) is 0 Å². The Hall–Kier alpha value is -0.830. The molecule has 0 spiro atoms. The molecule has 0 aliphatic rings. The topological polar surface area (TPSA) is 49.3 Å². The van der Waals surface area contributed by atoms with E-state index in [4.69, 9.17) is 0 Å². The molecule has 0 rings (SSSR count). The predicted octanol–water partition coefficient (Wildman–Crippen LogP) is 1.09. The summed E-state index contributed by atoms with van der Waals surface area (Å²) in [6, 6.07) is 0. The van der Waals surface area contributed by atoms with E-state index in [2.05, 4.69) is 11.9 Å². The second kappa shape index (κ2) is 4.42. The molecular formula is C10H19NO2. The summed E-state index contributed by atoms with van der Waals surface area (Å²) in [5, 5.41) is 12.2. The SMILES string of the molecule is C=C(NCC(C)(C)O)C(=O)C(C)C. The summed E-state index contributed by atoms with van der Waals surface area (Å²) >= 11 is 0. The van der Waals surface area contributed by atoms with Crippen LogP contribution in [0.25, 0.3) is 0 Å². The highest BCUT2D eigenvalue weighted by molar-refractivity contribution is 5.95. The molecule has 0 atom stereocenters. The Morgan fingerprint density at radius 3 is 2.31 bits per heavy atom.